The first-order valence-electron chi connectivity index (χ1n) is 13.6. The molecule has 1 fully saturated rings. The van der Waals surface area contributed by atoms with Crippen LogP contribution in [0.25, 0.3) is 5.69 Å². The molecule has 0 radical (unpaired) electrons. The summed E-state index contributed by atoms with van der Waals surface area (Å²) >= 11 is 0. The van der Waals surface area contributed by atoms with Gasteiger partial charge in [-0.3, -0.25) is 14.2 Å². The fourth-order valence-electron chi connectivity index (χ4n) is 5.46. The maximum Gasteiger partial charge on any atom is 0.296 e. The lowest BCUT2D eigenvalue weighted by Gasteiger charge is -2.43. The molecule has 0 aliphatic carbocycles. The average Bonchev–Trinajstić information content (AvgIpc) is 3.54. The molecule has 4 aromatic rings. The van der Waals surface area contributed by atoms with Crippen molar-refractivity contribution in [3.63, 3.8) is 0 Å². The topological polar surface area (TPSA) is 162 Å². The predicted octanol–water partition coefficient (Wildman–Crippen LogP) is 1.62. The van der Waals surface area contributed by atoms with Crippen LogP contribution in [0.15, 0.2) is 64.8 Å². The molecule has 2 aliphatic heterocycles. The number of benzene rings is 2. The van der Waals surface area contributed by atoms with E-state index in [1.807, 2.05) is 6.92 Å². The van der Waals surface area contributed by atoms with E-state index in [1.165, 1.54) is 44.4 Å². The Bertz CT molecular complexity index is 1850. The molecule has 43 heavy (non-hydrogen) atoms. The Kier molecular flexibility index (Phi) is 7.31. The van der Waals surface area contributed by atoms with Crippen LogP contribution in [-0.4, -0.2) is 67.7 Å². The Morgan fingerprint density at radius 3 is 2.58 bits per heavy atom. The zero-order chi connectivity index (χ0) is 30.4. The van der Waals surface area contributed by atoms with Gasteiger partial charge in [0.15, 0.2) is 5.69 Å². The SMILES string of the molecule is Cc1ccc(S(=O)(=O)N2CCC3(CC2)OCCn2c3nc(C(=O)NCc3ccc(F)cc3-n3cncn3)c(O)c2=O)cc1. The lowest BCUT2D eigenvalue weighted by atomic mass is 9.89. The second-order valence-corrected chi connectivity index (χ2v) is 12.4. The minimum atomic E-state index is -3.75. The molecule has 2 aromatic carbocycles. The maximum absolute atomic E-state index is 13.9. The van der Waals surface area contributed by atoms with Gasteiger partial charge >= 0.3 is 0 Å². The normalized spacial score (nSPS) is 16.6. The number of rotatable bonds is 6. The van der Waals surface area contributed by atoms with E-state index in [9.17, 15) is 27.5 Å². The van der Waals surface area contributed by atoms with Gasteiger partial charge in [0.25, 0.3) is 11.5 Å². The average molecular weight is 610 g/mol. The molecule has 224 valence electrons. The minimum Gasteiger partial charge on any atom is -0.501 e. The Balaban J connectivity index is 1.25. The number of aryl methyl sites for hydroxylation is 1. The van der Waals surface area contributed by atoms with Gasteiger partial charge in [0.1, 0.15) is 29.9 Å². The van der Waals surface area contributed by atoms with Crippen LogP contribution in [0.3, 0.4) is 0 Å². The fraction of sp³-hybridized carbons (Fsp3) is 0.321. The number of fused-ring (bicyclic) bond motifs is 2. The zero-order valence-corrected chi connectivity index (χ0v) is 23.9. The van der Waals surface area contributed by atoms with E-state index in [2.05, 4.69) is 20.4 Å². The van der Waals surface area contributed by atoms with Gasteiger partial charge in [0, 0.05) is 19.6 Å². The third-order valence-corrected chi connectivity index (χ3v) is 9.72. The quantitative estimate of drug-likeness (QED) is 0.331. The number of ether oxygens (including phenoxy) is 1. The predicted molar refractivity (Wildman–Crippen MR) is 149 cm³/mol. The van der Waals surface area contributed by atoms with Crippen LogP contribution in [0.4, 0.5) is 4.39 Å². The molecule has 1 amide bonds. The summed E-state index contributed by atoms with van der Waals surface area (Å²) in [4.78, 5) is 34.9. The third kappa shape index (κ3) is 5.19. The molecular weight excluding hydrogens is 581 g/mol. The number of aromatic hydroxyl groups is 1. The van der Waals surface area contributed by atoms with Crippen LogP contribution in [0.1, 0.15) is 40.3 Å². The largest absolute Gasteiger partial charge is 0.501 e. The second-order valence-electron chi connectivity index (χ2n) is 10.4. The number of amides is 1. The smallest absolute Gasteiger partial charge is 0.296 e. The van der Waals surface area contributed by atoms with E-state index in [-0.39, 0.29) is 56.3 Å². The van der Waals surface area contributed by atoms with Crippen LogP contribution < -0.4 is 10.9 Å². The number of carbonyl (C=O) groups is 1. The number of sulfonamides is 1. The molecular formula is C28H28FN7O6S. The Hall–Kier alpha value is -4.47. The van der Waals surface area contributed by atoms with Crippen molar-refractivity contribution >= 4 is 15.9 Å². The Morgan fingerprint density at radius 1 is 1.14 bits per heavy atom. The Morgan fingerprint density at radius 2 is 1.88 bits per heavy atom. The van der Waals surface area contributed by atoms with Gasteiger partial charge in [-0.05, 0) is 49.6 Å². The summed E-state index contributed by atoms with van der Waals surface area (Å²) in [5.41, 5.74) is -0.623. The summed E-state index contributed by atoms with van der Waals surface area (Å²) in [6.45, 7) is 2.25. The molecule has 0 saturated carbocycles. The van der Waals surface area contributed by atoms with Crippen LogP contribution in [0.5, 0.6) is 5.75 Å². The lowest BCUT2D eigenvalue weighted by molar-refractivity contribution is -0.110. The molecule has 0 unspecified atom stereocenters. The number of nitrogens with zero attached hydrogens (tertiary/aromatic N) is 6. The molecule has 0 atom stereocenters. The molecule has 15 heteroatoms. The van der Waals surface area contributed by atoms with E-state index in [0.29, 0.717) is 11.3 Å². The fourth-order valence-corrected chi connectivity index (χ4v) is 6.90. The van der Waals surface area contributed by atoms with Crippen LogP contribution in [0, 0.1) is 12.7 Å². The number of hydrogen-bond acceptors (Lipinski definition) is 9. The van der Waals surface area contributed by atoms with Crippen molar-refractivity contribution < 1.29 is 27.4 Å². The molecule has 6 rings (SSSR count). The van der Waals surface area contributed by atoms with Crippen molar-refractivity contribution in [2.75, 3.05) is 19.7 Å². The number of carbonyl (C=O) groups excluding carboxylic acids is 1. The van der Waals surface area contributed by atoms with Crippen molar-refractivity contribution in [1.29, 1.82) is 0 Å². The van der Waals surface area contributed by atoms with Crippen LogP contribution in [-0.2, 0) is 33.5 Å². The zero-order valence-electron chi connectivity index (χ0n) is 23.1. The summed E-state index contributed by atoms with van der Waals surface area (Å²) in [6, 6.07) is 10.6. The summed E-state index contributed by atoms with van der Waals surface area (Å²) in [5, 5.41) is 17.3. The monoisotopic (exact) mass is 609 g/mol. The Labute approximate surface area is 245 Å². The van der Waals surface area contributed by atoms with E-state index >= 15 is 0 Å². The molecule has 1 saturated heterocycles. The number of nitrogens with one attached hydrogen (secondary N) is 1. The van der Waals surface area contributed by atoms with Gasteiger partial charge < -0.3 is 15.2 Å². The highest BCUT2D eigenvalue weighted by Gasteiger charge is 2.46. The second kappa shape index (κ2) is 11.0. The third-order valence-electron chi connectivity index (χ3n) is 7.80. The summed E-state index contributed by atoms with van der Waals surface area (Å²) in [7, 11) is -3.75. The molecule has 13 nitrogen and oxygen atoms in total. The molecule has 1 spiro atoms. The summed E-state index contributed by atoms with van der Waals surface area (Å²) < 4.78 is 50.6. The molecule has 4 heterocycles. The van der Waals surface area contributed by atoms with E-state index in [0.717, 1.165) is 5.56 Å². The van der Waals surface area contributed by atoms with Gasteiger partial charge in [-0.1, -0.05) is 23.8 Å². The lowest BCUT2D eigenvalue weighted by Crippen LogP contribution is -2.52. The van der Waals surface area contributed by atoms with Gasteiger partial charge in [-0.15, -0.1) is 0 Å². The van der Waals surface area contributed by atoms with Crippen molar-refractivity contribution in [2.45, 2.75) is 43.4 Å². The van der Waals surface area contributed by atoms with Gasteiger partial charge in [0.05, 0.1) is 23.7 Å². The molecule has 2 N–H and O–H groups in total. The van der Waals surface area contributed by atoms with E-state index in [4.69, 9.17) is 4.74 Å². The summed E-state index contributed by atoms with van der Waals surface area (Å²) in [6.07, 6.45) is 3.05. The highest BCUT2D eigenvalue weighted by Crippen LogP contribution is 2.39. The first-order chi connectivity index (χ1) is 20.6. The highest BCUT2D eigenvalue weighted by molar-refractivity contribution is 7.89. The standard InChI is InChI=1S/C28H28FN7O6S/c1-18-2-6-21(7-3-18)43(40,41)34-10-8-28(9-11-34)27-33-23(24(37)26(39)35(27)12-13-42-28)25(38)31-15-19-4-5-20(29)14-22(19)36-17-30-16-32-36/h2-7,14,16-17,37H,8-13,15H2,1H3,(H,31,38). The number of hydrogen-bond donors (Lipinski definition) is 2. The minimum absolute atomic E-state index is 0.0959. The number of aromatic nitrogens is 5. The van der Waals surface area contributed by atoms with Crippen molar-refractivity contribution in [3.05, 3.63) is 93.9 Å². The first-order valence-corrected chi connectivity index (χ1v) is 15.0. The molecule has 0 bridgehead atoms. The van der Waals surface area contributed by atoms with Crippen LogP contribution in [0.2, 0.25) is 0 Å². The van der Waals surface area contributed by atoms with E-state index < -0.39 is 44.4 Å². The maximum atomic E-state index is 13.9. The first kappa shape index (κ1) is 28.6. The van der Waals surface area contributed by atoms with Gasteiger partial charge in [-0.25, -0.2) is 27.5 Å². The van der Waals surface area contributed by atoms with Crippen molar-refractivity contribution in [3.8, 4) is 11.4 Å². The number of piperidine rings is 1. The van der Waals surface area contributed by atoms with Gasteiger partial charge in [0.2, 0.25) is 15.8 Å². The highest BCUT2D eigenvalue weighted by atomic mass is 32.2. The number of halogens is 1. The van der Waals surface area contributed by atoms with E-state index in [1.54, 1.807) is 24.3 Å². The summed E-state index contributed by atoms with van der Waals surface area (Å²) in [5.74, 6) is -1.99. The molecule has 2 aliphatic rings. The van der Waals surface area contributed by atoms with Crippen LogP contribution >= 0.6 is 0 Å². The van der Waals surface area contributed by atoms with Gasteiger partial charge in [-0.2, -0.15) is 9.40 Å². The van der Waals surface area contributed by atoms with Crippen molar-refractivity contribution in [2.24, 2.45) is 0 Å². The molecule has 2 aromatic heterocycles. The van der Waals surface area contributed by atoms with Crippen molar-refractivity contribution in [1.82, 2.24) is 33.9 Å².